The van der Waals surface area contributed by atoms with Crippen LogP contribution in [0.5, 0.6) is 0 Å². The molecule has 5 aliphatic rings. The van der Waals surface area contributed by atoms with Crippen molar-refractivity contribution in [3.05, 3.63) is 0 Å². The summed E-state index contributed by atoms with van der Waals surface area (Å²) in [7, 11) is 0. The molecular weight excluding hydrogens is 440 g/mol. The Labute approximate surface area is 223 Å². The van der Waals surface area contributed by atoms with E-state index in [4.69, 9.17) is 0 Å². The van der Waals surface area contributed by atoms with Crippen LogP contribution in [0.2, 0.25) is 0 Å². The summed E-state index contributed by atoms with van der Waals surface area (Å²) in [6.07, 6.45) is 11.2. The van der Waals surface area contributed by atoms with Gasteiger partial charge in [-0.15, -0.1) is 0 Å². The Balaban J connectivity index is 1.33. The van der Waals surface area contributed by atoms with E-state index in [1.807, 2.05) is 0 Å². The molecule has 0 aromatic heterocycles. The van der Waals surface area contributed by atoms with E-state index in [0.717, 1.165) is 47.3 Å². The molecule has 1 saturated carbocycles. The molecule has 0 amide bonds. The summed E-state index contributed by atoms with van der Waals surface area (Å²) in [6, 6.07) is 5.48. The van der Waals surface area contributed by atoms with Crippen LogP contribution in [-0.4, -0.2) is 48.3 Å². The molecule has 0 bridgehead atoms. The number of hydrogen-bond acceptors (Lipinski definition) is 4. The van der Waals surface area contributed by atoms with Crippen LogP contribution >= 0.6 is 0 Å². The molecule has 4 saturated heterocycles. The summed E-state index contributed by atoms with van der Waals surface area (Å²) in [6.45, 7) is 19.8. The third-order valence-corrected chi connectivity index (χ3v) is 11.8. The fraction of sp³-hybridized carbons (Fsp3) is 1.00. The summed E-state index contributed by atoms with van der Waals surface area (Å²) in [5, 5.41) is 16.4. The Morgan fingerprint density at radius 1 is 0.389 bits per heavy atom. The lowest BCUT2D eigenvalue weighted by Gasteiger charge is -2.46. The van der Waals surface area contributed by atoms with Gasteiger partial charge in [0.15, 0.2) is 0 Å². The summed E-state index contributed by atoms with van der Waals surface area (Å²) in [5.41, 5.74) is 0. The lowest BCUT2D eigenvalue weighted by molar-refractivity contribution is 0.0709. The summed E-state index contributed by atoms with van der Waals surface area (Å²) in [5.74, 6) is 6.53. The van der Waals surface area contributed by atoms with Gasteiger partial charge in [-0.1, -0.05) is 27.7 Å². The number of hydrogen-bond donors (Lipinski definition) is 4. The molecule has 0 spiro atoms. The van der Waals surface area contributed by atoms with Crippen molar-refractivity contribution in [2.45, 2.75) is 155 Å². The molecule has 0 radical (unpaired) electrons. The fourth-order valence-corrected chi connectivity index (χ4v) is 10.6. The molecule has 208 valence electrons. The van der Waals surface area contributed by atoms with Gasteiger partial charge in [0.2, 0.25) is 0 Å². The quantitative estimate of drug-likeness (QED) is 0.385. The van der Waals surface area contributed by atoms with Crippen molar-refractivity contribution in [1.82, 2.24) is 21.3 Å². The SMILES string of the molecule is CC1CC(C)C(C(C2CCC(C(C3NC(C)CC3C)C3NC(C)CC3C)CC2)C2NC(C)CC2C)N1. The van der Waals surface area contributed by atoms with Gasteiger partial charge in [-0.2, -0.15) is 0 Å². The monoisotopic (exact) mass is 500 g/mol. The van der Waals surface area contributed by atoms with E-state index in [1.165, 1.54) is 51.4 Å². The smallest absolute Gasteiger partial charge is 0.0142 e. The van der Waals surface area contributed by atoms with Gasteiger partial charge in [-0.25, -0.2) is 0 Å². The van der Waals surface area contributed by atoms with Gasteiger partial charge in [-0.05, 0) is 126 Å². The Morgan fingerprint density at radius 3 is 0.778 bits per heavy atom. The van der Waals surface area contributed by atoms with Crippen LogP contribution in [-0.2, 0) is 0 Å². The minimum Gasteiger partial charge on any atom is -0.311 e. The molecular formula is C32H60N4. The van der Waals surface area contributed by atoms with Crippen molar-refractivity contribution < 1.29 is 0 Å². The van der Waals surface area contributed by atoms with Crippen molar-refractivity contribution in [3.63, 3.8) is 0 Å². The van der Waals surface area contributed by atoms with E-state index in [2.05, 4.69) is 76.7 Å². The van der Waals surface area contributed by atoms with E-state index < -0.39 is 0 Å². The Kier molecular flexibility index (Phi) is 8.48. The average Bonchev–Trinajstić information content (AvgIpc) is 3.52. The first-order chi connectivity index (χ1) is 17.1. The van der Waals surface area contributed by atoms with Crippen LogP contribution in [0.3, 0.4) is 0 Å². The zero-order valence-corrected chi connectivity index (χ0v) is 24.9. The lowest BCUT2D eigenvalue weighted by Crippen LogP contribution is -2.54. The van der Waals surface area contributed by atoms with Crippen molar-refractivity contribution >= 4 is 0 Å². The maximum absolute atomic E-state index is 4.10. The molecule has 4 heterocycles. The highest BCUT2D eigenvalue weighted by Gasteiger charge is 2.50. The highest BCUT2D eigenvalue weighted by molar-refractivity contribution is 5.06. The number of nitrogens with one attached hydrogen (secondary N) is 4. The largest absolute Gasteiger partial charge is 0.311 e. The average molecular weight is 501 g/mol. The standard InChI is InChI=1S/C32H60N4/c1-17-13-21(5)33-29(17)27(30-18(2)14-22(6)34-30)25-9-11-26(12-10-25)28(31-19(3)15-23(7)35-31)32-20(4)16-24(8)36-32/h17-36H,9-16H2,1-8H3. The molecule has 1 aliphatic carbocycles. The minimum atomic E-state index is 0.677. The van der Waals surface area contributed by atoms with Gasteiger partial charge in [0.05, 0.1) is 0 Å². The Hall–Kier alpha value is -0.160. The molecule has 0 aromatic rings. The minimum absolute atomic E-state index is 0.677. The van der Waals surface area contributed by atoms with E-state index in [1.54, 1.807) is 0 Å². The van der Waals surface area contributed by atoms with Gasteiger partial charge >= 0.3 is 0 Å². The molecule has 12 unspecified atom stereocenters. The molecule has 4 aliphatic heterocycles. The molecule has 4 heteroatoms. The maximum Gasteiger partial charge on any atom is 0.0142 e. The molecule has 12 atom stereocenters. The second kappa shape index (κ2) is 11.1. The predicted octanol–water partition coefficient (Wildman–Crippen LogP) is 5.57. The van der Waals surface area contributed by atoms with Crippen LogP contribution < -0.4 is 21.3 Å². The van der Waals surface area contributed by atoms with Crippen LogP contribution in [0.15, 0.2) is 0 Å². The lowest BCUT2D eigenvalue weighted by atomic mass is 9.63. The van der Waals surface area contributed by atoms with Gasteiger partial charge in [0, 0.05) is 48.3 Å². The molecule has 4 N–H and O–H groups in total. The number of rotatable bonds is 6. The fourth-order valence-electron chi connectivity index (χ4n) is 10.6. The van der Waals surface area contributed by atoms with Crippen molar-refractivity contribution in [3.8, 4) is 0 Å². The van der Waals surface area contributed by atoms with Gasteiger partial charge in [0.1, 0.15) is 0 Å². The molecule has 0 aromatic carbocycles. The van der Waals surface area contributed by atoms with Crippen LogP contribution in [0.4, 0.5) is 0 Å². The topological polar surface area (TPSA) is 48.1 Å². The van der Waals surface area contributed by atoms with Crippen LogP contribution in [0.1, 0.15) is 107 Å². The van der Waals surface area contributed by atoms with Crippen molar-refractivity contribution in [2.75, 3.05) is 0 Å². The second-order valence-electron chi connectivity index (χ2n) is 15.1. The van der Waals surface area contributed by atoms with Gasteiger partial charge < -0.3 is 21.3 Å². The third-order valence-electron chi connectivity index (χ3n) is 11.8. The molecule has 5 fully saturated rings. The highest BCUT2D eigenvalue weighted by Crippen LogP contribution is 2.48. The van der Waals surface area contributed by atoms with E-state index in [9.17, 15) is 0 Å². The van der Waals surface area contributed by atoms with E-state index in [-0.39, 0.29) is 0 Å². The first kappa shape index (κ1) is 27.4. The van der Waals surface area contributed by atoms with Crippen LogP contribution in [0.25, 0.3) is 0 Å². The van der Waals surface area contributed by atoms with E-state index >= 15 is 0 Å². The summed E-state index contributed by atoms with van der Waals surface area (Å²) in [4.78, 5) is 0. The summed E-state index contributed by atoms with van der Waals surface area (Å²) >= 11 is 0. The molecule has 36 heavy (non-hydrogen) atoms. The zero-order valence-electron chi connectivity index (χ0n) is 24.9. The first-order valence-electron chi connectivity index (χ1n) is 16.2. The van der Waals surface area contributed by atoms with Gasteiger partial charge in [-0.3, -0.25) is 0 Å². The normalized spacial score (nSPS) is 53.7. The predicted molar refractivity (Wildman–Crippen MR) is 153 cm³/mol. The zero-order chi connectivity index (χ0) is 25.7. The van der Waals surface area contributed by atoms with Crippen molar-refractivity contribution in [2.24, 2.45) is 47.3 Å². The molecule has 5 rings (SSSR count). The first-order valence-corrected chi connectivity index (χ1v) is 16.2. The second-order valence-corrected chi connectivity index (χ2v) is 15.1. The van der Waals surface area contributed by atoms with Crippen molar-refractivity contribution in [1.29, 1.82) is 0 Å². The third kappa shape index (κ3) is 5.45. The Morgan fingerprint density at radius 2 is 0.611 bits per heavy atom. The van der Waals surface area contributed by atoms with Gasteiger partial charge in [0.25, 0.3) is 0 Å². The summed E-state index contributed by atoms with van der Waals surface area (Å²) < 4.78 is 0. The van der Waals surface area contributed by atoms with Crippen LogP contribution in [0, 0.1) is 47.3 Å². The molecule has 4 nitrogen and oxygen atoms in total. The highest BCUT2D eigenvalue weighted by atomic mass is 15.1. The van der Waals surface area contributed by atoms with E-state index in [0.29, 0.717) is 48.3 Å². The maximum atomic E-state index is 4.10. The Bertz CT molecular complexity index is 611.